The lowest BCUT2D eigenvalue weighted by Gasteiger charge is -2.13. The Hall–Kier alpha value is -4.94. The van der Waals surface area contributed by atoms with E-state index in [0.717, 1.165) is 0 Å². The van der Waals surface area contributed by atoms with Crippen LogP contribution in [0, 0.1) is 0 Å². The van der Waals surface area contributed by atoms with Gasteiger partial charge in [0.2, 0.25) is 0 Å². The van der Waals surface area contributed by atoms with Crippen molar-refractivity contribution in [3.8, 4) is 22.3 Å². The Morgan fingerprint density at radius 3 is 1.05 bits per heavy atom. The topological polar surface area (TPSA) is 0 Å². The fourth-order valence-corrected chi connectivity index (χ4v) is 6.17. The number of benzene rings is 8. The molecule has 176 valence electrons. The number of hydrogen-bond donors (Lipinski definition) is 0. The molecule has 0 atom stereocenters. The van der Waals surface area contributed by atoms with Gasteiger partial charge in [-0.15, -0.1) is 0 Å². The molecule has 0 heteroatoms. The standard InChI is InChI=1S/C38H24/c1-3-11-31-27(9-1)23-37(35-15-7-5-13-33(31)35)29-19-17-26-22-30(20-18-25(26)21-29)38-24-28-10-2-4-12-32(28)34-14-6-8-16-36(34)38/h1-24H. The molecule has 38 heavy (non-hydrogen) atoms. The van der Waals surface area contributed by atoms with Gasteiger partial charge in [-0.1, -0.05) is 121 Å². The van der Waals surface area contributed by atoms with Gasteiger partial charge in [-0.3, -0.25) is 0 Å². The average molecular weight is 481 g/mol. The van der Waals surface area contributed by atoms with Gasteiger partial charge in [-0.05, 0) is 100 Å². The maximum Gasteiger partial charge on any atom is -0.00988 e. The molecule has 8 aromatic carbocycles. The number of rotatable bonds is 2. The molecule has 0 saturated carbocycles. The normalized spacial score (nSPS) is 11.7. The van der Waals surface area contributed by atoms with Crippen molar-refractivity contribution in [2.75, 3.05) is 0 Å². The second kappa shape index (κ2) is 8.30. The molecule has 0 heterocycles. The van der Waals surface area contributed by atoms with Gasteiger partial charge < -0.3 is 0 Å². The van der Waals surface area contributed by atoms with E-state index in [4.69, 9.17) is 0 Å². The summed E-state index contributed by atoms with van der Waals surface area (Å²) in [6, 6.07) is 53.4. The van der Waals surface area contributed by atoms with Crippen LogP contribution < -0.4 is 0 Å². The Labute approximate surface area is 221 Å². The SMILES string of the molecule is c1ccc2c(c1)cc(-c1ccc3cc(-c4cc5ccccc5c5ccccc45)ccc3c1)c1ccccc12. The van der Waals surface area contributed by atoms with Crippen LogP contribution in [-0.4, -0.2) is 0 Å². The molecule has 0 aromatic heterocycles. The summed E-state index contributed by atoms with van der Waals surface area (Å²) < 4.78 is 0. The molecule has 0 bridgehead atoms. The molecule has 0 aliphatic heterocycles. The summed E-state index contributed by atoms with van der Waals surface area (Å²) in [6.45, 7) is 0. The Kier molecular flexibility index (Phi) is 4.62. The monoisotopic (exact) mass is 480 g/mol. The van der Waals surface area contributed by atoms with Crippen LogP contribution in [0.5, 0.6) is 0 Å². The van der Waals surface area contributed by atoms with E-state index in [1.807, 2.05) is 0 Å². The van der Waals surface area contributed by atoms with Crippen molar-refractivity contribution in [2.45, 2.75) is 0 Å². The van der Waals surface area contributed by atoms with Gasteiger partial charge in [-0.2, -0.15) is 0 Å². The van der Waals surface area contributed by atoms with Gasteiger partial charge in [0.25, 0.3) is 0 Å². The van der Waals surface area contributed by atoms with E-state index in [1.165, 1.54) is 76.1 Å². The first-order valence-corrected chi connectivity index (χ1v) is 13.2. The summed E-state index contributed by atoms with van der Waals surface area (Å²) in [6.07, 6.45) is 0. The van der Waals surface area contributed by atoms with Gasteiger partial charge >= 0.3 is 0 Å². The van der Waals surface area contributed by atoms with Crippen LogP contribution in [0.15, 0.2) is 146 Å². The fourth-order valence-electron chi connectivity index (χ4n) is 6.17. The highest BCUT2D eigenvalue weighted by Gasteiger charge is 2.11. The molecule has 0 nitrogen and oxygen atoms in total. The molecule has 0 spiro atoms. The van der Waals surface area contributed by atoms with Gasteiger partial charge in [0, 0.05) is 0 Å². The summed E-state index contributed by atoms with van der Waals surface area (Å²) in [5.41, 5.74) is 5.07. The third-order valence-electron chi connectivity index (χ3n) is 8.00. The molecule has 0 radical (unpaired) electrons. The first kappa shape index (κ1) is 21.2. The van der Waals surface area contributed by atoms with Crippen molar-refractivity contribution in [1.29, 1.82) is 0 Å². The highest BCUT2D eigenvalue weighted by atomic mass is 14.1. The first-order chi connectivity index (χ1) is 18.8. The number of fused-ring (bicyclic) bond motifs is 7. The second-order valence-corrected chi connectivity index (χ2v) is 10.2. The molecular weight excluding hydrogens is 456 g/mol. The minimum atomic E-state index is 1.25. The molecule has 0 N–H and O–H groups in total. The molecule has 8 aromatic rings. The first-order valence-electron chi connectivity index (χ1n) is 13.2. The summed E-state index contributed by atoms with van der Waals surface area (Å²) >= 11 is 0. The predicted octanol–water partition coefficient (Wildman–Crippen LogP) is 10.8. The molecule has 0 fully saturated rings. The Balaban J connectivity index is 1.31. The maximum absolute atomic E-state index is 2.34. The molecule has 0 saturated heterocycles. The highest BCUT2D eigenvalue weighted by molar-refractivity contribution is 6.15. The minimum Gasteiger partial charge on any atom is -0.0616 e. The molecule has 0 aliphatic rings. The lowest BCUT2D eigenvalue weighted by molar-refractivity contribution is 1.68. The van der Waals surface area contributed by atoms with Crippen molar-refractivity contribution >= 4 is 53.9 Å². The Morgan fingerprint density at radius 1 is 0.237 bits per heavy atom. The molecule has 0 aliphatic carbocycles. The van der Waals surface area contributed by atoms with Crippen LogP contribution in [0.3, 0.4) is 0 Å². The maximum atomic E-state index is 2.34. The van der Waals surface area contributed by atoms with Crippen molar-refractivity contribution in [1.82, 2.24) is 0 Å². The van der Waals surface area contributed by atoms with E-state index < -0.39 is 0 Å². The van der Waals surface area contributed by atoms with Gasteiger partial charge in [0.05, 0.1) is 0 Å². The zero-order valence-corrected chi connectivity index (χ0v) is 20.9. The van der Waals surface area contributed by atoms with Crippen LogP contribution in [0.25, 0.3) is 76.1 Å². The quantitative estimate of drug-likeness (QED) is 0.216. The molecule has 0 unspecified atom stereocenters. The van der Waals surface area contributed by atoms with Crippen LogP contribution in [0.1, 0.15) is 0 Å². The van der Waals surface area contributed by atoms with Crippen LogP contribution in [0.2, 0.25) is 0 Å². The van der Waals surface area contributed by atoms with Gasteiger partial charge in [-0.25, -0.2) is 0 Å². The predicted molar refractivity (Wildman–Crippen MR) is 165 cm³/mol. The number of hydrogen-bond acceptors (Lipinski definition) is 0. The zero-order valence-electron chi connectivity index (χ0n) is 20.9. The summed E-state index contributed by atoms with van der Waals surface area (Å²) in [7, 11) is 0. The summed E-state index contributed by atoms with van der Waals surface area (Å²) in [4.78, 5) is 0. The largest absolute Gasteiger partial charge is 0.0616 e. The third kappa shape index (κ3) is 3.24. The Bertz CT molecular complexity index is 2020. The zero-order chi connectivity index (χ0) is 25.1. The van der Waals surface area contributed by atoms with Gasteiger partial charge in [0.15, 0.2) is 0 Å². The smallest absolute Gasteiger partial charge is 0.00988 e. The van der Waals surface area contributed by atoms with Crippen molar-refractivity contribution in [3.05, 3.63) is 146 Å². The van der Waals surface area contributed by atoms with E-state index in [9.17, 15) is 0 Å². The van der Waals surface area contributed by atoms with Crippen LogP contribution in [-0.2, 0) is 0 Å². The second-order valence-electron chi connectivity index (χ2n) is 10.2. The van der Waals surface area contributed by atoms with Crippen molar-refractivity contribution in [3.63, 3.8) is 0 Å². The molecular formula is C38H24. The summed E-state index contributed by atoms with van der Waals surface area (Å²) in [5, 5.41) is 12.9. The minimum absolute atomic E-state index is 1.25. The van der Waals surface area contributed by atoms with E-state index in [0.29, 0.717) is 0 Å². The molecule has 8 rings (SSSR count). The third-order valence-corrected chi connectivity index (χ3v) is 8.00. The van der Waals surface area contributed by atoms with Crippen LogP contribution in [0.4, 0.5) is 0 Å². The van der Waals surface area contributed by atoms with Gasteiger partial charge in [0.1, 0.15) is 0 Å². The Morgan fingerprint density at radius 2 is 0.605 bits per heavy atom. The fraction of sp³-hybridized carbons (Fsp3) is 0. The lowest BCUT2D eigenvalue weighted by Crippen LogP contribution is -1.87. The highest BCUT2D eigenvalue weighted by Crippen LogP contribution is 2.38. The van der Waals surface area contributed by atoms with Crippen molar-refractivity contribution in [2.24, 2.45) is 0 Å². The van der Waals surface area contributed by atoms with E-state index in [-0.39, 0.29) is 0 Å². The van der Waals surface area contributed by atoms with E-state index >= 15 is 0 Å². The van der Waals surface area contributed by atoms with E-state index in [2.05, 4.69) is 146 Å². The average Bonchev–Trinajstić information content (AvgIpc) is 3.00. The lowest BCUT2D eigenvalue weighted by atomic mass is 9.90. The molecule has 0 amide bonds. The summed E-state index contributed by atoms with van der Waals surface area (Å²) in [5.74, 6) is 0. The van der Waals surface area contributed by atoms with Crippen molar-refractivity contribution < 1.29 is 0 Å². The van der Waals surface area contributed by atoms with E-state index in [1.54, 1.807) is 0 Å². The van der Waals surface area contributed by atoms with Crippen LogP contribution >= 0.6 is 0 Å².